The summed E-state index contributed by atoms with van der Waals surface area (Å²) >= 11 is 0. The van der Waals surface area contributed by atoms with Gasteiger partial charge in [-0.05, 0) is 0 Å². The third-order valence-corrected chi connectivity index (χ3v) is 3.62. The molecule has 0 heterocycles. The first-order chi connectivity index (χ1) is 19.5. The van der Waals surface area contributed by atoms with Crippen molar-refractivity contribution < 1.29 is 153 Å². The summed E-state index contributed by atoms with van der Waals surface area (Å²) < 4.78 is 0. The molecule has 0 aromatic heterocycles. The molecule has 240 valence electrons. The number of non-ortho nitro benzene ring substituents is 2. The molecule has 2 aromatic rings. The van der Waals surface area contributed by atoms with E-state index < -0.39 is 90.3 Å². The third-order valence-electron chi connectivity index (χ3n) is 3.62. The summed E-state index contributed by atoms with van der Waals surface area (Å²) in [6.45, 7) is 0. The maximum Gasteiger partial charge on any atom is 1.00 e. The van der Waals surface area contributed by atoms with Crippen LogP contribution in [-0.2, 0) is 0 Å². The molecule has 0 saturated carbocycles. The van der Waals surface area contributed by atoms with E-state index in [4.69, 9.17) is 46.0 Å². The molecule has 0 bridgehead atoms. The zero-order valence-electron chi connectivity index (χ0n) is 22.2. The molecule has 0 aliphatic rings. The van der Waals surface area contributed by atoms with Gasteiger partial charge in [0.05, 0.1) is 64.0 Å². The van der Waals surface area contributed by atoms with Gasteiger partial charge >= 0.3 is 126 Å². The van der Waals surface area contributed by atoms with Crippen molar-refractivity contribution in [1.29, 1.82) is 0 Å². The van der Waals surface area contributed by atoms with Crippen LogP contribution in [0.15, 0.2) is 24.3 Å². The van der Waals surface area contributed by atoms with Gasteiger partial charge in [-0.1, -0.05) is 0 Å². The topological polar surface area (TPSA) is 502 Å². The van der Waals surface area contributed by atoms with Gasteiger partial charge in [0.1, 0.15) is 0 Å². The Kier molecular flexibility index (Phi) is 26.4. The number of hydrogen-bond donors (Lipinski definition) is 3. The minimum Gasteiger partial charge on any atom is -0.356 e. The van der Waals surface area contributed by atoms with E-state index in [1.54, 1.807) is 0 Å². The Morgan fingerprint density at radius 1 is 0.435 bits per heavy atom. The number of rotatable bonds is 8. The number of benzene rings is 2. The molecule has 34 heteroatoms. The van der Waals surface area contributed by atoms with Gasteiger partial charge in [0.2, 0.25) is 0 Å². The van der Waals surface area contributed by atoms with Crippen molar-refractivity contribution in [3.05, 3.63) is 126 Å². The number of anilines is 2. The van der Waals surface area contributed by atoms with E-state index in [2.05, 4.69) is 0 Å². The summed E-state index contributed by atoms with van der Waals surface area (Å²) in [5.74, 6) is 0. The van der Waals surface area contributed by atoms with Gasteiger partial charge in [-0.3, -0.25) is 60.7 Å². The zero-order chi connectivity index (χ0) is 34.4. The Hall–Kier alpha value is -4.53. The van der Waals surface area contributed by atoms with E-state index in [1.807, 2.05) is 5.32 Å². The molecular formula is C12H9K2N11O21. The van der Waals surface area contributed by atoms with Crippen molar-refractivity contribution in [3.8, 4) is 0 Å². The zero-order valence-corrected chi connectivity index (χ0v) is 28.4. The minimum absolute atomic E-state index is 0. The molecule has 0 fully saturated rings. The SMILES string of the molecule is N.O=[N+]([O-])O.O=[N+]([O-])[O-].O=[N+]([O-])[O-].O=[N+]([O-])c1cc([N+](=O)[O-])c(Nc2c([N+](=O)[O-])cc([N+](=O)[O-])cc2[N+](=O)[O-])c([N+](=O)[O-])c1.[K+].[K+]. The van der Waals surface area contributed by atoms with Gasteiger partial charge < -0.3 is 47.3 Å². The Balaban J connectivity index is -0.000000321. The molecule has 5 N–H and O–H groups in total. The van der Waals surface area contributed by atoms with E-state index in [0.717, 1.165) is 0 Å². The van der Waals surface area contributed by atoms with Crippen molar-refractivity contribution in [1.82, 2.24) is 6.15 Å². The number of nitro benzene ring substituents is 6. The van der Waals surface area contributed by atoms with Crippen LogP contribution in [0.25, 0.3) is 0 Å². The van der Waals surface area contributed by atoms with Gasteiger partial charge in [-0.25, -0.2) is 0 Å². The molecule has 46 heavy (non-hydrogen) atoms. The molecule has 0 saturated heterocycles. The third kappa shape index (κ3) is 19.0. The van der Waals surface area contributed by atoms with Crippen molar-refractivity contribution in [2.45, 2.75) is 0 Å². The summed E-state index contributed by atoms with van der Waals surface area (Å²) in [6.07, 6.45) is 0. The van der Waals surface area contributed by atoms with E-state index in [9.17, 15) is 60.7 Å². The van der Waals surface area contributed by atoms with Crippen LogP contribution in [0.3, 0.4) is 0 Å². The first-order valence-electron chi connectivity index (χ1n) is 9.00. The second-order valence-corrected chi connectivity index (χ2v) is 6.07. The monoisotopic (exact) mass is 721 g/mol. The summed E-state index contributed by atoms with van der Waals surface area (Å²) in [7, 11) is 0. The smallest absolute Gasteiger partial charge is 0.356 e. The van der Waals surface area contributed by atoms with Crippen LogP contribution in [0.2, 0.25) is 0 Å². The fourth-order valence-corrected chi connectivity index (χ4v) is 2.36. The maximum atomic E-state index is 11.3. The molecule has 0 unspecified atom stereocenters. The van der Waals surface area contributed by atoms with Crippen molar-refractivity contribution in [2.24, 2.45) is 0 Å². The van der Waals surface area contributed by atoms with Crippen molar-refractivity contribution >= 4 is 45.5 Å². The summed E-state index contributed by atoms with van der Waals surface area (Å²) in [5.41, 5.74) is -9.66. The quantitative estimate of drug-likeness (QED) is 0.134. The van der Waals surface area contributed by atoms with Crippen LogP contribution in [0.5, 0.6) is 0 Å². The molecular weight excluding hydrogens is 712 g/mol. The second-order valence-electron chi connectivity index (χ2n) is 6.07. The van der Waals surface area contributed by atoms with Crippen molar-refractivity contribution in [2.75, 3.05) is 5.32 Å². The second kappa shape index (κ2) is 23.8. The van der Waals surface area contributed by atoms with Gasteiger partial charge in [0, 0.05) is 0 Å². The predicted molar refractivity (Wildman–Crippen MR) is 131 cm³/mol. The number of nitro groups is 6. The molecule has 2 rings (SSSR count). The minimum atomic E-state index is -1.75. The first kappa shape index (κ1) is 51.1. The van der Waals surface area contributed by atoms with Gasteiger partial charge in [0.25, 0.3) is 16.5 Å². The van der Waals surface area contributed by atoms with Crippen LogP contribution >= 0.6 is 0 Å². The normalized spacial score (nSPS) is 8.43. The fourth-order valence-electron chi connectivity index (χ4n) is 2.36. The van der Waals surface area contributed by atoms with Crippen LogP contribution in [0, 0.1) is 101 Å². The molecule has 0 radical (unpaired) electrons. The Morgan fingerprint density at radius 3 is 0.696 bits per heavy atom. The number of hydrogen-bond acceptors (Lipinski definition) is 22. The average molecular weight is 721 g/mol. The summed E-state index contributed by atoms with van der Waals surface area (Å²) in [4.78, 5) is 84.3. The van der Waals surface area contributed by atoms with E-state index in [0.29, 0.717) is 24.3 Å². The maximum absolute atomic E-state index is 11.3. The average Bonchev–Trinajstić information content (AvgIpc) is 2.82. The molecule has 0 amide bonds. The summed E-state index contributed by atoms with van der Waals surface area (Å²) in [5, 5.41) is 112. The van der Waals surface area contributed by atoms with Crippen LogP contribution in [-0.4, -0.2) is 50.0 Å². The van der Waals surface area contributed by atoms with Crippen molar-refractivity contribution in [3.63, 3.8) is 0 Å². The fraction of sp³-hybridized carbons (Fsp3) is 0. The Bertz CT molecular complexity index is 1300. The molecule has 2 aromatic carbocycles. The molecule has 0 aliphatic heterocycles. The van der Waals surface area contributed by atoms with Gasteiger partial charge in [-0.15, -0.1) is 10.1 Å². The van der Waals surface area contributed by atoms with E-state index >= 15 is 0 Å². The first-order valence-corrected chi connectivity index (χ1v) is 9.00. The van der Waals surface area contributed by atoms with E-state index in [1.165, 1.54) is 0 Å². The number of nitrogens with zero attached hydrogens (tertiary/aromatic N) is 9. The van der Waals surface area contributed by atoms with Crippen LogP contribution in [0.1, 0.15) is 0 Å². The van der Waals surface area contributed by atoms with Gasteiger partial charge in [-0.2, -0.15) is 0 Å². The Morgan fingerprint density at radius 2 is 0.587 bits per heavy atom. The van der Waals surface area contributed by atoms with Crippen LogP contribution in [0.4, 0.5) is 45.5 Å². The summed E-state index contributed by atoms with van der Waals surface area (Å²) in [6, 6.07) is 1.16. The predicted octanol–water partition coefficient (Wildman–Crippen LogP) is -3.78. The molecule has 32 nitrogen and oxygen atoms in total. The number of nitrogens with one attached hydrogen (secondary N) is 1. The largest absolute Gasteiger partial charge is 1.00 e. The molecule has 0 spiro atoms. The molecule has 0 atom stereocenters. The van der Waals surface area contributed by atoms with Gasteiger partial charge in [0.15, 0.2) is 11.4 Å². The Labute approximate surface area is 331 Å². The standard InChI is InChI=1S/C12H5N7O12.2K.HNO3.2NO3.H3N/c20-14(21)5-1-7(16(24)25)11(8(2-5)17(26)27)13-12-9(18(28)29)3-6(15(22)23)4-10(12)19(30)31;;;3*2-1(3)4;/h1-4,13H;;;(H,2,3,4);;;1H3/q;2*+1;;2*-1;. The van der Waals surface area contributed by atoms with Crippen LogP contribution < -0.4 is 114 Å². The molecule has 0 aliphatic carbocycles. The van der Waals surface area contributed by atoms with E-state index in [-0.39, 0.29) is 109 Å².